The van der Waals surface area contributed by atoms with Crippen molar-refractivity contribution >= 4 is 0 Å². The molecule has 3 nitrogen and oxygen atoms in total. The van der Waals surface area contributed by atoms with Gasteiger partial charge in [-0.25, -0.2) is 0 Å². The zero-order valence-corrected chi connectivity index (χ0v) is 12.7. The maximum absolute atomic E-state index is 5.93. The monoisotopic (exact) mass is 285 g/mol. The van der Waals surface area contributed by atoms with E-state index in [1.165, 1.54) is 5.56 Å². The third kappa shape index (κ3) is 3.36. The summed E-state index contributed by atoms with van der Waals surface area (Å²) in [6, 6.07) is 14.8. The number of hydrogen-bond donors (Lipinski definition) is 1. The van der Waals surface area contributed by atoms with Gasteiger partial charge in [0.1, 0.15) is 11.5 Å². The largest absolute Gasteiger partial charge is 0.465 e. The van der Waals surface area contributed by atoms with Crippen molar-refractivity contribution in [3.63, 3.8) is 0 Å². The Hall–Kier alpha value is -1.58. The van der Waals surface area contributed by atoms with Gasteiger partial charge in [0.05, 0.1) is 12.1 Å². The standard InChI is InChI=1S/C18H23NO2/c1-13-8-9-17(21-13)14(2)19-12-16-10-11-20-18(16)15-6-4-3-5-7-15/h3-9,14,16,18-19H,10-12H2,1-2H3/t14-,16+,18-/m0/s1. The lowest BCUT2D eigenvalue weighted by Gasteiger charge is -2.21. The third-order valence-corrected chi connectivity index (χ3v) is 4.22. The highest BCUT2D eigenvalue weighted by atomic mass is 16.5. The molecule has 0 saturated carbocycles. The molecule has 1 aromatic heterocycles. The molecule has 3 rings (SSSR count). The Bertz CT molecular complexity index is 564. The van der Waals surface area contributed by atoms with Crippen LogP contribution in [0.5, 0.6) is 0 Å². The average Bonchev–Trinajstić information content (AvgIpc) is 3.14. The summed E-state index contributed by atoms with van der Waals surface area (Å²) in [6.45, 7) is 5.92. The van der Waals surface area contributed by atoms with Crippen LogP contribution < -0.4 is 5.32 Å². The van der Waals surface area contributed by atoms with Crippen molar-refractivity contribution in [2.45, 2.75) is 32.4 Å². The maximum Gasteiger partial charge on any atom is 0.120 e. The second-order valence-electron chi connectivity index (χ2n) is 5.83. The lowest BCUT2D eigenvalue weighted by molar-refractivity contribution is 0.0897. The molecule has 1 N–H and O–H groups in total. The summed E-state index contributed by atoms with van der Waals surface area (Å²) in [5, 5.41) is 3.58. The zero-order valence-electron chi connectivity index (χ0n) is 12.7. The van der Waals surface area contributed by atoms with Crippen LogP contribution in [0.3, 0.4) is 0 Å². The van der Waals surface area contributed by atoms with E-state index >= 15 is 0 Å². The number of benzene rings is 1. The first kappa shape index (κ1) is 14.4. The first-order valence-corrected chi connectivity index (χ1v) is 7.70. The molecule has 112 valence electrons. The van der Waals surface area contributed by atoms with Crippen LogP contribution in [0.4, 0.5) is 0 Å². The molecule has 0 bridgehead atoms. The van der Waals surface area contributed by atoms with Gasteiger partial charge in [0.2, 0.25) is 0 Å². The number of nitrogens with one attached hydrogen (secondary N) is 1. The van der Waals surface area contributed by atoms with Crippen LogP contribution in [0.15, 0.2) is 46.9 Å². The molecular weight excluding hydrogens is 262 g/mol. The Kier molecular flexibility index (Phi) is 4.42. The van der Waals surface area contributed by atoms with E-state index in [2.05, 4.69) is 36.5 Å². The fraction of sp³-hybridized carbons (Fsp3) is 0.444. The molecule has 0 aliphatic carbocycles. The minimum absolute atomic E-state index is 0.212. The second kappa shape index (κ2) is 6.46. The highest BCUT2D eigenvalue weighted by Crippen LogP contribution is 2.34. The van der Waals surface area contributed by atoms with Crippen molar-refractivity contribution in [3.05, 3.63) is 59.5 Å². The van der Waals surface area contributed by atoms with Crippen molar-refractivity contribution in [1.29, 1.82) is 0 Å². The van der Waals surface area contributed by atoms with Crippen LogP contribution in [0.1, 0.15) is 42.6 Å². The van der Waals surface area contributed by atoms with Crippen LogP contribution in [0.25, 0.3) is 0 Å². The lowest BCUT2D eigenvalue weighted by atomic mass is 9.95. The van der Waals surface area contributed by atoms with Crippen molar-refractivity contribution in [3.8, 4) is 0 Å². The fourth-order valence-electron chi connectivity index (χ4n) is 2.97. The van der Waals surface area contributed by atoms with Gasteiger partial charge in [0, 0.05) is 19.1 Å². The van der Waals surface area contributed by atoms with Gasteiger partial charge in [-0.15, -0.1) is 0 Å². The van der Waals surface area contributed by atoms with Crippen molar-refractivity contribution in [2.24, 2.45) is 5.92 Å². The zero-order chi connectivity index (χ0) is 14.7. The second-order valence-corrected chi connectivity index (χ2v) is 5.83. The van der Waals surface area contributed by atoms with Gasteiger partial charge in [-0.3, -0.25) is 0 Å². The van der Waals surface area contributed by atoms with Crippen LogP contribution in [0, 0.1) is 12.8 Å². The third-order valence-electron chi connectivity index (χ3n) is 4.22. The van der Waals surface area contributed by atoms with Crippen molar-refractivity contribution in [2.75, 3.05) is 13.2 Å². The van der Waals surface area contributed by atoms with E-state index in [0.717, 1.165) is 31.1 Å². The summed E-state index contributed by atoms with van der Waals surface area (Å²) >= 11 is 0. The van der Waals surface area contributed by atoms with Gasteiger partial charge in [-0.2, -0.15) is 0 Å². The quantitative estimate of drug-likeness (QED) is 0.901. The van der Waals surface area contributed by atoms with Crippen LogP contribution in [-0.2, 0) is 4.74 Å². The molecule has 0 radical (unpaired) electrons. The fourth-order valence-corrected chi connectivity index (χ4v) is 2.97. The number of furan rings is 1. The Morgan fingerprint density at radius 1 is 1.19 bits per heavy atom. The molecule has 1 saturated heterocycles. The molecule has 0 spiro atoms. The minimum atomic E-state index is 0.212. The average molecular weight is 285 g/mol. The Labute approximate surface area is 126 Å². The smallest absolute Gasteiger partial charge is 0.120 e. The summed E-state index contributed by atoms with van der Waals surface area (Å²) in [6.07, 6.45) is 1.32. The molecule has 1 aliphatic rings. The molecule has 0 amide bonds. The van der Waals surface area contributed by atoms with E-state index in [0.29, 0.717) is 5.92 Å². The van der Waals surface area contributed by atoms with Gasteiger partial charge in [-0.05, 0) is 38.0 Å². The summed E-state index contributed by atoms with van der Waals surface area (Å²) in [5.41, 5.74) is 1.28. The van der Waals surface area contributed by atoms with Gasteiger partial charge < -0.3 is 14.5 Å². The van der Waals surface area contributed by atoms with Crippen LogP contribution >= 0.6 is 0 Å². The highest BCUT2D eigenvalue weighted by molar-refractivity contribution is 5.19. The van der Waals surface area contributed by atoms with Crippen LogP contribution in [0.2, 0.25) is 0 Å². The van der Waals surface area contributed by atoms with E-state index in [-0.39, 0.29) is 12.1 Å². The summed E-state index contributed by atoms with van der Waals surface area (Å²) in [4.78, 5) is 0. The van der Waals surface area contributed by atoms with Gasteiger partial charge in [0.25, 0.3) is 0 Å². The molecule has 21 heavy (non-hydrogen) atoms. The predicted octanol–water partition coefficient (Wildman–Crippen LogP) is 4.02. The van der Waals surface area contributed by atoms with Crippen molar-refractivity contribution < 1.29 is 9.15 Å². The normalized spacial score (nSPS) is 23.3. The summed E-state index contributed by atoms with van der Waals surface area (Å²) in [7, 11) is 0. The number of ether oxygens (including phenoxy) is 1. The van der Waals surface area contributed by atoms with Gasteiger partial charge in [0.15, 0.2) is 0 Å². The molecule has 1 aliphatic heterocycles. The van der Waals surface area contributed by atoms with Crippen molar-refractivity contribution in [1.82, 2.24) is 5.32 Å². The van der Waals surface area contributed by atoms with Gasteiger partial charge >= 0.3 is 0 Å². The topological polar surface area (TPSA) is 34.4 Å². The van der Waals surface area contributed by atoms with E-state index in [9.17, 15) is 0 Å². The molecule has 3 atom stereocenters. The number of hydrogen-bond acceptors (Lipinski definition) is 3. The first-order valence-electron chi connectivity index (χ1n) is 7.70. The predicted molar refractivity (Wildman–Crippen MR) is 83.1 cm³/mol. The Morgan fingerprint density at radius 3 is 2.71 bits per heavy atom. The van der Waals surface area contributed by atoms with E-state index in [1.54, 1.807) is 0 Å². The van der Waals surface area contributed by atoms with E-state index < -0.39 is 0 Å². The molecule has 2 aromatic rings. The first-order chi connectivity index (χ1) is 10.2. The van der Waals surface area contributed by atoms with Crippen LogP contribution in [-0.4, -0.2) is 13.2 Å². The number of aryl methyl sites for hydroxylation is 1. The highest BCUT2D eigenvalue weighted by Gasteiger charge is 2.29. The summed E-state index contributed by atoms with van der Waals surface area (Å²) in [5.74, 6) is 2.48. The number of rotatable bonds is 5. The SMILES string of the molecule is Cc1ccc([C@H](C)NC[C@H]2CCO[C@H]2c2ccccc2)o1. The lowest BCUT2D eigenvalue weighted by Crippen LogP contribution is -2.27. The van der Waals surface area contributed by atoms with Gasteiger partial charge in [-0.1, -0.05) is 30.3 Å². The Morgan fingerprint density at radius 2 is 2.00 bits per heavy atom. The molecule has 2 heterocycles. The molecule has 3 heteroatoms. The van der Waals surface area contributed by atoms with E-state index in [4.69, 9.17) is 9.15 Å². The minimum Gasteiger partial charge on any atom is -0.465 e. The molecular formula is C18H23NO2. The molecule has 1 fully saturated rings. The maximum atomic E-state index is 5.93. The summed E-state index contributed by atoms with van der Waals surface area (Å²) < 4.78 is 11.6. The van der Waals surface area contributed by atoms with E-state index in [1.807, 2.05) is 25.1 Å². The molecule has 0 unspecified atom stereocenters. The molecule has 1 aromatic carbocycles. The Balaban J connectivity index is 1.59.